The SMILES string of the molecule is CC(=O)c1nn(CC(=O)N2C3C[C@]3(C)C[C@H]2C(=O)N[C@@H](c2ccccc2)C(F)(F)F)c2c(C)cc(-c3cnc(C)nc3)cc12. The van der Waals surface area contributed by atoms with E-state index in [-0.39, 0.29) is 41.5 Å². The molecule has 0 bridgehead atoms. The molecular formula is C32H31F3N6O3. The van der Waals surface area contributed by atoms with Crippen LogP contribution >= 0.6 is 0 Å². The van der Waals surface area contributed by atoms with E-state index in [2.05, 4.69) is 20.4 Å². The maximum Gasteiger partial charge on any atom is 0.412 e. The van der Waals surface area contributed by atoms with E-state index in [0.717, 1.165) is 16.7 Å². The van der Waals surface area contributed by atoms with Crippen molar-refractivity contribution in [1.29, 1.82) is 0 Å². The van der Waals surface area contributed by atoms with Crippen molar-refractivity contribution in [2.75, 3.05) is 0 Å². The van der Waals surface area contributed by atoms with Gasteiger partial charge in [-0.2, -0.15) is 18.3 Å². The number of carbonyl (C=O) groups excluding carboxylic acids is 3. The van der Waals surface area contributed by atoms with Gasteiger partial charge in [-0.15, -0.1) is 0 Å². The number of rotatable bonds is 7. The molecule has 6 rings (SSSR count). The summed E-state index contributed by atoms with van der Waals surface area (Å²) in [6, 6.07) is 7.34. The Bertz CT molecular complexity index is 1790. The molecule has 2 fully saturated rings. The minimum atomic E-state index is -4.73. The maximum absolute atomic E-state index is 14.0. The van der Waals surface area contributed by atoms with Crippen LogP contribution in [0.4, 0.5) is 13.2 Å². The van der Waals surface area contributed by atoms with Crippen molar-refractivity contribution in [2.24, 2.45) is 5.41 Å². The van der Waals surface area contributed by atoms with Gasteiger partial charge in [0.25, 0.3) is 0 Å². The van der Waals surface area contributed by atoms with Crippen LogP contribution in [0.3, 0.4) is 0 Å². The molecule has 4 atom stereocenters. The third-order valence-corrected chi connectivity index (χ3v) is 8.74. The second-order valence-electron chi connectivity index (χ2n) is 12.1. The summed E-state index contributed by atoms with van der Waals surface area (Å²) < 4.78 is 43.5. The Morgan fingerprint density at radius 3 is 2.36 bits per heavy atom. The largest absolute Gasteiger partial charge is 0.412 e. The predicted octanol–water partition coefficient (Wildman–Crippen LogP) is 5.11. The van der Waals surface area contributed by atoms with Crippen LogP contribution in [-0.2, 0) is 16.1 Å². The minimum Gasteiger partial charge on any atom is -0.339 e. The lowest BCUT2D eigenvalue weighted by Crippen LogP contribution is -2.51. The van der Waals surface area contributed by atoms with Gasteiger partial charge in [-0.05, 0) is 60.9 Å². The maximum atomic E-state index is 14.0. The standard InChI is InChI=1S/C32H31F3N6O3/c1-17-10-21(22-14-36-19(3)37-15-22)11-23-27(18(2)42)39-40(28(17)23)16-26(43)41-24(12-31(4)13-25(31)41)30(44)38-29(32(33,34)35)20-8-6-5-7-9-20/h5-11,14-15,24-25,29H,12-13,16H2,1-4H3,(H,38,44)/t24-,25?,29-,31-/m0/s1. The van der Waals surface area contributed by atoms with Gasteiger partial charge in [-0.25, -0.2) is 9.97 Å². The molecule has 1 unspecified atom stereocenters. The van der Waals surface area contributed by atoms with Gasteiger partial charge < -0.3 is 10.2 Å². The molecule has 0 radical (unpaired) electrons. The second kappa shape index (κ2) is 10.5. The highest BCUT2D eigenvalue weighted by Crippen LogP contribution is 2.59. The fraction of sp³-hybridized carbons (Fsp3) is 0.375. The summed E-state index contributed by atoms with van der Waals surface area (Å²) in [4.78, 5) is 49.8. The molecule has 44 heavy (non-hydrogen) atoms. The zero-order chi connectivity index (χ0) is 31.6. The molecule has 2 amide bonds. The summed E-state index contributed by atoms with van der Waals surface area (Å²) in [6.07, 6.45) is -0.430. The lowest BCUT2D eigenvalue weighted by molar-refractivity contribution is -0.165. The van der Waals surface area contributed by atoms with Gasteiger partial charge in [-0.3, -0.25) is 19.1 Å². The molecular weight excluding hydrogens is 573 g/mol. The van der Waals surface area contributed by atoms with Crippen molar-refractivity contribution in [3.05, 3.63) is 77.5 Å². The normalized spacial score (nSPS) is 21.7. The topological polar surface area (TPSA) is 110 Å². The molecule has 0 spiro atoms. The molecule has 1 aliphatic carbocycles. The van der Waals surface area contributed by atoms with Gasteiger partial charge in [0.15, 0.2) is 11.8 Å². The molecule has 1 aliphatic heterocycles. The Hall–Kier alpha value is -4.61. The van der Waals surface area contributed by atoms with Crippen molar-refractivity contribution in [3.8, 4) is 11.1 Å². The third kappa shape index (κ3) is 5.22. The number of carbonyl (C=O) groups is 3. The Labute approximate surface area is 251 Å². The molecule has 12 heteroatoms. The van der Waals surface area contributed by atoms with Gasteiger partial charge >= 0.3 is 6.18 Å². The first-order valence-electron chi connectivity index (χ1n) is 14.3. The average Bonchev–Trinajstić information content (AvgIpc) is 3.32. The van der Waals surface area contributed by atoms with Crippen molar-refractivity contribution in [3.63, 3.8) is 0 Å². The number of hydrogen-bond acceptors (Lipinski definition) is 6. The first-order valence-corrected chi connectivity index (χ1v) is 14.3. The zero-order valence-corrected chi connectivity index (χ0v) is 24.6. The summed E-state index contributed by atoms with van der Waals surface area (Å²) in [5, 5.41) is 7.22. The fourth-order valence-electron chi connectivity index (χ4n) is 6.42. The van der Waals surface area contributed by atoms with Gasteiger partial charge in [0.2, 0.25) is 11.8 Å². The van der Waals surface area contributed by atoms with Crippen LogP contribution in [-0.4, -0.2) is 60.5 Å². The predicted molar refractivity (Wildman–Crippen MR) is 155 cm³/mol. The number of aryl methyl sites for hydroxylation is 2. The number of amides is 2. The molecule has 1 saturated heterocycles. The number of fused-ring (bicyclic) bond motifs is 2. The number of Topliss-reactive ketones (excluding diaryl/α,β-unsaturated/α-hetero) is 1. The highest BCUT2D eigenvalue weighted by Gasteiger charge is 2.64. The van der Waals surface area contributed by atoms with Crippen LogP contribution in [0.15, 0.2) is 54.9 Å². The lowest BCUT2D eigenvalue weighted by Gasteiger charge is -2.30. The van der Waals surface area contributed by atoms with E-state index in [4.69, 9.17) is 0 Å². The fourth-order valence-corrected chi connectivity index (χ4v) is 6.42. The van der Waals surface area contributed by atoms with Crippen molar-refractivity contribution < 1.29 is 27.6 Å². The van der Waals surface area contributed by atoms with E-state index in [9.17, 15) is 27.6 Å². The van der Waals surface area contributed by atoms with E-state index in [1.165, 1.54) is 40.8 Å². The lowest BCUT2D eigenvalue weighted by atomic mass is 10.0. The Balaban J connectivity index is 1.31. The first kappa shape index (κ1) is 29.5. The quantitative estimate of drug-likeness (QED) is 0.294. The highest BCUT2D eigenvalue weighted by molar-refractivity contribution is 6.07. The molecule has 9 nitrogen and oxygen atoms in total. The molecule has 4 aromatic rings. The molecule has 1 saturated carbocycles. The van der Waals surface area contributed by atoms with E-state index < -0.39 is 30.1 Å². The number of piperidine rings is 1. The number of ketones is 1. The highest BCUT2D eigenvalue weighted by atomic mass is 19.4. The zero-order valence-electron chi connectivity index (χ0n) is 24.6. The van der Waals surface area contributed by atoms with Gasteiger partial charge in [0, 0.05) is 36.3 Å². The molecule has 2 aromatic heterocycles. The van der Waals surface area contributed by atoms with Gasteiger partial charge in [0.1, 0.15) is 24.1 Å². The minimum absolute atomic E-state index is 0.0904. The van der Waals surface area contributed by atoms with Gasteiger partial charge in [-0.1, -0.05) is 37.3 Å². The van der Waals surface area contributed by atoms with Gasteiger partial charge in [0.05, 0.1) is 5.52 Å². The molecule has 3 heterocycles. The van der Waals surface area contributed by atoms with E-state index in [1.807, 2.05) is 26.0 Å². The molecule has 2 aliphatic rings. The van der Waals surface area contributed by atoms with Crippen molar-refractivity contribution in [2.45, 2.75) is 71.4 Å². The number of benzene rings is 2. The number of hydrogen-bond donors (Lipinski definition) is 1. The summed E-state index contributed by atoms with van der Waals surface area (Å²) in [5.74, 6) is -0.967. The molecule has 228 valence electrons. The third-order valence-electron chi connectivity index (χ3n) is 8.74. The van der Waals surface area contributed by atoms with E-state index in [0.29, 0.717) is 23.1 Å². The number of halogens is 3. The summed E-state index contributed by atoms with van der Waals surface area (Å²) >= 11 is 0. The Morgan fingerprint density at radius 2 is 1.73 bits per heavy atom. The van der Waals surface area contributed by atoms with Crippen LogP contribution in [0.2, 0.25) is 0 Å². The van der Waals surface area contributed by atoms with Crippen molar-refractivity contribution >= 4 is 28.5 Å². The summed E-state index contributed by atoms with van der Waals surface area (Å²) in [5.41, 5.74) is 2.63. The van der Waals surface area contributed by atoms with Crippen LogP contribution in [0.25, 0.3) is 22.0 Å². The number of nitrogens with one attached hydrogen (secondary N) is 1. The Kier molecular flexibility index (Phi) is 7.05. The van der Waals surface area contributed by atoms with Crippen LogP contribution in [0.1, 0.15) is 60.2 Å². The number of nitrogens with zero attached hydrogens (tertiary/aromatic N) is 5. The Morgan fingerprint density at radius 1 is 1.05 bits per heavy atom. The monoisotopic (exact) mass is 604 g/mol. The number of alkyl halides is 3. The van der Waals surface area contributed by atoms with Crippen molar-refractivity contribution in [1.82, 2.24) is 30.0 Å². The molecule has 2 aromatic carbocycles. The van der Waals surface area contributed by atoms with Crippen LogP contribution in [0.5, 0.6) is 0 Å². The second-order valence-corrected chi connectivity index (χ2v) is 12.1. The molecule has 1 N–H and O–H groups in total. The smallest absolute Gasteiger partial charge is 0.339 e. The van der Waals surface area contributed by atoms with Crippen LogP contribution in [0, 0.1) is 19.3 Å². The first-order chi connectivity index (χ1) is 20.8. The van der Waals surface area contributed by atoms with E-state index >= 15 is 0 Å². The number of aromatic nitrogens is 4. The van der Waals surface area contributed by atoms with E-state index in [1.54, 1.807) is 25.4 Å². The average molecular weight is 605 g/mol. The van der Waals surface area contributed by atoms with Crippen LogP contribution < -0.4 is 5.32 Å². The number of likely N-dealkylation sites (tertiary alicyclic amines) is 1. The summed E-state index contributed by atoms with van der Waals surface area (Å²) in [7, 11) is 0. The summed E-state index contributed by atoms with van der Waals surface area (Å²) in [6.45, 7) is 6.67.